The smallest absolute Gasteiger partial charge is 0.306 e. The molecule has 4 N–H and O–H groups in total. The number of carbonyl (C=O) groups excluding carboxylic acids is 2. The largest absolute Gasteiger partial charge is 0.462 e. The maximum Gasteiger partial charge on any atom is 0.306 e. The molecule has 1 fully saturated rings. The number of unbranched alkanes of at least 4 members (excludes halogenated alkanes) is 9. The number of allylic oxidation sites excluding steroid dienone is 16. The maximum absolute atomic E-state index is 12.7. The van der Waals surface area contributed by atoms with Crippen LogP contribution < -0.4 is 0 Å². The van der Waals surface area contributed by atoms with Crippen LogP contribution in [0, 0.1) is 0 Å². The third-order valence-electron chi connectivity index (χ3n) is 9.06. The van der Waals surface area contributed by atoms with Gasteiger partial charge < -0.3 is 39.4 Å². The molecule has 0 saturated carbocycles. The summed E-state index contributed by atoms with van der Waals surface area (Å²) in [4.78, 5) is 25.3. The first-order valence-corrected chi connectivity index (χ1v) is 21.4. The minimum Gasteiger partial charge on any atom is -0.462 e. The Morgan fingerprint density at radius 3 is 1.70 bits per heavy atom. The second-order valence-electron chi connectivity index (χ2n) is 14.1. The van der Waals surface area contributed by atoms with Crippen LogP contribution in [0.5, 0.6) is 0 Å². The predicted octanol–water partition coefficient (Wildman–Crippen LogP) is 8.77. The van der Waals surface area contributed by atoms with E-state index >= 15 is 0 Å². The van der Waals surface area contributed by atoms with Crippen LogP contribution in [0.2, 0.25) is 0 Å². The lowest BCUT2D eigenvalue weighted by Gasteiger charge is -2.39. The van der Waals surface area contributed by atoms with Crippen molar-refractivity contribution >= 4 is 11.9 Å². The molecule has 1 aliphatic rings. The zero-order valence-electron chi connectivity index (χ0n) is 34.8. The van der Waals surface area contributed by atoms with Crippen molar-refractivity contribution in [3.63, 3.8) is 0 Å². The van der Waals surface area contributed by atoms with E-state index in [9.17, 15) is 30.0 Å². The summed E-state index contributed by atoms with van der Waals surface area (Å²) < 4.78 is 22.1. The molecule has 322 valence electrons. The number of aliphatic hydroxyl groups excluding tert-OH is 4. The fourth-order valence-corrected chi connectivity index (χ4v) is 5.72. The number of carbonyl (C=O) groups is 2. The van der Waals surface area contributed by atoms with Gasteiger partial charge in [0, 0.05) is 12.8 Å². The normalized spacial score (nSPS) is 21.3. The van der Waals surface area contributed by atoms with Crippen molar-refractivity contribution in [2.45, 2.75) is 166 Å². The van der Waals surface area contributed by atoms with Gasteiger partial charge in [-0.25, -0.2) is 0 Å². The monoisotopic (exact) mass is 799 g/mol. The highest BCUT2D eigenvalue weighted by Crippen LogP contribution is 2.22. The first kappa shape index (κ1) is 51.6. The molecule has 0 radical (unpaired) electrons. The van der Waals surface area contributed by atoms with E-state index in [1.165, 1.54) is 0 Å². The highest BCUT2D eigenvalue weighted by Gasteiger charge is 2.44. The Bertz CT molecular complexity index is 1240. The van der Waals surface area contributed by atoms with Crippen LogP contribution in [0.3, 0.4) is 0 Å². The van der Waals surface area contributed by atoms with Crippen LogP contribution in [0.1, 0.15) is 129 Å². The molecule has 1 aliphatic heterocycles. The summed E-state index contributed by atoms with van der Waals surface area (Å²) in [5.41, 5.74) is 0. The number of hydrogen-bond donors (Lipinski definition) is 4. The number of hydrogen-bond acceptors (Lipinski definition) is 10. The highest BCUT2D eigenvalue weighted by atomic mass is 16.7. The van der Waals surface area contributed by atoms with Crippen LogP contribution in [-0.2, 0) is 28.5 Å². The average molecular weight is 799 g/mol. The number of esters is 2. The fraction of sp³-hybridized carbons (Fsp3) is 0.617. The van der Waals surface area contributed by atoms with Gasteiger partial charge in [0.25, 0.3) is 0 Å². The van der Waals surface area contributed by atoms with Gasteiger partial charge in [0.05, 0.1) is 13.2 Å². The van der Waals surface area contributed by atoms with Gasteiger partial charge >= 0.3 is 11.9 Å². The minimum atomic E-state index is -1.61. The molecule has 0 bridgehead atoms. The lowest BCUT2D eigenvalue weighted by atomic mass is 9.99. The van der Waals surface area contributed by atoms with Crippen molar-refractivity contribution in [1.82, 2.24) is 0 Å². The van der Waals surface area contributed by atoms with Gasteiger partial charge in [-0.2, -0.15) is 0 Å². The SMILES string of the molecule is CC/C=C/C=C/C=C/C=C/CCCCCC(=O)OC(COC(=O)CCCCCCCC/C=C/C/C=C/C/C=C/C/C=C/CC)CO[C@H]1O[C@@H](CO)[C@@H](O)C(O)C1O. The molecule has 57 heavy (non-hydrogen) atoms. The molecule has 0 aromatic heterocycles. The van der Waals surface area contributed by atoms with Gasteiger partial charge in [-0.05, 0) is 70.6 Å². The molecule has 0 aliphatic carbocycles. The van der Waals surface area contributed by atoms with E-state index in [4.69, 9.17) is 18.9 Å². The first-order valence-electron chi connectivity index (χ1n) is 21.4. The summed E-state index contributed by atoms with van der Waals surface area (Å²) >= 11 is 0. The summed E-state index contributed by atoms with van der Waals surface area (Å²) in [5.74, 6) is -0.881. The summed E-state index contributed by atoms with van der Waals surface area (Å²) in [6, 6.07) is 0. The molecule has 3 unspecified atom stereocenters. The highest BCUT2D eigenvalue weighted by molar-refractivity contribution is 5.70. The Hall–Kier alpha value is -3.38. The van der Waals surface area contributed by atoms with Crippen LogP contribution >= 0.6 is 0 Å². The topological polar surface area (TPSA) is 152 Å². The van der Waals surface area contributed by atoms with Gasteiger partial charge in [0.15, 0.2) is 12.4 Å². The zero-order chi connectivity index (χ0) is 41.6. The Morgan fingerprint density at radius 2 is 1.07 bits per heavy atom. The maximum atomic E-state index is 12.7. The number of rotatable bonds is 33. The molecular formula is C47H74O10. The van der Waals surface area contributed by atoms with Crippen molar-refractivity contribution in [2.24, 2.45) is 0 Å². The summed E-state index contributed by atoms with van der Waals surface area (Å²) in [6.45, 7) is 3.08. The quantitative estimate of drug-likeness (QED) is 0.0220. The van der Waals surface area contributed by atoms with Crippen LogP contribution in [0.15, 0.2) is 97.2 Å². The molecular weight excluding hydrogens is 725 g/mol. The minimum absolute atomic E-state index is 0.174. The lowest BCUT2D eigenvalue weighted by molar-refractivity contribution is -0.305. The molecule has 0 amide bonds. The van der Waals surface area contributed by atoms with E-state index in [-0.39, 0.29) is 26.1 Å². The van der Waals surface area contributed by atoms with E-state index in [0.29, 0.717) is 12.8 Å². The summed E-state index contributed by atoms with van der Waals surface area (Å²) in [7, 11) is 0. The van der Waals surface area contributed by atoms with Crippen LogP contribution in [0.25, 0.3) is 0 Å². The Balaban J connectivity index is 2.38. The van der Waals surface area contributed by atoms with Gasteiger partial charge in [0.1, 0.15) is 31.0 Å². The van der Waals surface area contributed by atoms with E-state index in [1.807, 2.05) is 36.5 Å². The third-order valence-corrected chi connectivity index (χ3v) is 9.06. The first-order chi connectivity index (χ1) is 27.8. The summed E-state index contributed by atoms with van der Waals surface area (Å²) in [5, 5.41) is 40.0. The molecule has 0 aromatic carbocycles. The standard InChI is InChI=1S/C47H74O10/c1-3-5-7-9-11-13-15-17-18-19-20-21-22-24-25-27-29-31-33-35-42(49)54-38-40(39-55-47-46(53)45(52)44(51)41(37-48)57-47)56-43(50)36-34-32-30-28-26-23-16-14-12-10-8-6-4-2/h5-8,10-14,16-18,20-21,23,26,40-41,44-48,51-53H,3-4,9,15,19,22,24-25,27-39H2,1-2H3/b7-5+,8-6+,12-10+,13-11+,16-14+,18-17+,21-20+,26-23+/t40?,41-,44+,45?,46?,47-/m0/s1. The van der Waals surface area contributed by atoms with Crippen LogP contribution in [-0.4, -0.2) is 89.0 Å². The lowest BCUT2D eigenvalue weighted by Crippen LogP contribution is -2.59. The molecule has 0 aromatic rings. The molecule has 10 nitrogen and oxygen atoms in total. The number of aliphatic hydroxyl groups is 4. The van der Waals surface area contributed by atoms with Crippen LogP contribution in [0.4, 0.5) is 0 Å². The van der Waals surface area contributed by atoms with Crippen molar-refractivity contribution in [2.75, 3.05) is 19.8 Å². The van der Waals surface area contributed by atoms with Crippen molar-refractivity contribution < 1.29 is 49.0 Å². The molecule has 10 heteroatoms. The predicted molar refractivity (Wildman–Crippen MR) is 228 cm³/mol. The van der Waals surface area contributed by atoms with E-state index in [1.54, 1.807) is 0 Å². The molecule has 1 heterocycles. The molecule has 6 atom stereocenters. The Morgan fingerprint density at radius 1 is 0.561 bits per heavy atom. The zero-order valence-corrected chi connectivity index (χ0v) is 34.8. The van der Waals surface area contributed by atoms with Crippen molar-refractivity contribution in [1.29, 1.82) is 0 Å². The second-order valence-corrected chi connectivity index (χ2v) is 14.1. The van der Waals surface area contributed by atoms with E-state index in [0.717, 1.165) is 89.9 Å². The Labute approximate surface area is 343 Å². The van der Waals surface area contributed by atoms with Gasteiger partial charge in [-0.15, -0.1) is 0 Å². The van der Waals surface area contributed by atoms with Crippen molar-refractivity contribution in [3.8, 4) is 0 Å². The second kappa shape index (κ2) is 36.9. The third kappa shape index (κ3) is 28.6. The van der Waals surface area contributed by atoms with Gasteiger partial charge in [-0.3, -0.25) is 9.59 Å². The fourth-order valence-electron chi connectivity index (χ4n) is 5.72. The average Bonchev–Trinajstić information content (AvgIpc) is 3.21. The number of ether oxygens (including phenoxy) is 4. The van der Waals surface area contributed by atoms with E-state index in [2.05, 4.69) is 74.6 Å². The van der Waals surface area contributed by atoms with Crippen molar-refractivity contribution in [3.05, 3.63) is 97.2 Å². The summed E-state index contributed by atoms with van der Waals surface area (Å²) in [6.07, 6.45) is 41.3. The molecule has 1 saturated heterocycles. The van der Waals surface area contributed by atoms with Gasteiger partial charge in [-0.1, -0.05) is 143 Å². The van der Waals surface area contributed by atoms with Gasteiger partial charge in [0.2, 0.25) is 0 Å². The molecule has 1 rings (SSSR count). The van der Waals surface area contributed by atoms with E-state index < -0.39 is 55.4 Å². The Kier molecular flexibility index (Phi) is 33.5. The molecule has 0 spiro atoms.